The van der Waals surface area contributed by atoms with Gasteiger partial charge in [0.2, 0.25) is 0 Å². The highest BCUT2D eigenvalue weighted by molar-refractivity contribution is 7.71. The zero-order valence-electron chi connectivity index (χ0n) is 10.1. The SMILES string of the molecule is Cn1c(=S)n(C)c(=O)n(-c2ccc(F)cc2F)c1=O. The van der Waals surface area contributed by atoms with E-state index in [1.807, 2.05) is 0 Å². The Balaban J connectivity index is 2.96. The van der Waals surface area contributed by atoms with E-state index in [4.69, 9.17) is 12.2 Å². The summed E-state index contributed by atoms with van der Waals surface area (Å²) in [5.74, 6) is -1.80. The first-order valence-electron chi connectivity index (χ1n) is 5.19. The Morgan fingerprint density at radius 1 is 1.05 bits per heavy atom. The Labute approximate surface area is 111 Å². The number of halogens is 2. The topological polar surface area (TPSA) is 48.9 Å². The first-order chi connectivity index (χ1) is 8.84. The third-order valence-corrected chi connectivity index (χ3v) is 3.23. The molecule has 1 heterocycles. The summed E-state index contributed by atoms with van der Waals surface area (Å²) in [4.78, 5) is 24.0. The normalized spacial score (nSPS) is 10.7. The maximum absolute atomic E-state index is 13.7. The number of aromatic nitrogens is 3. The van der Waals surface area contributed by atoms with E-state index >= 15 is 0 Å². The molecule has 0 spiro atoms. The van der Waals surface area contributed by atoms with Crippen molar-refractivity contribution >= 4 is 12.2 Å². The molecule has 0 unspecified atom stereocenters. The van der Waals surface area contributed by atoms with E-state index in [0.29, 0.717) is 10.6 Å². The van der Waals surface area contributed by atoms with Crippen LogP contribution >= 0.6 is 12.2 Å². The van der Waals surface area contributed by atoms with Gasteiger partial charge in [0.05, 0.1) is 5.69 Å². The van der Waals surface area contributed by atoms with Crippen LogP contribution in [0, 0.1) is 16.4 Å². The van der Waals surface area contributed by atoms with Crippen molar-refractivity contribution in [1.29, 1.82) is 0 Å². The molecule has 100 valence electrons. The summed E-state index contributed by atoms with van der Waals surface area (Å²) in [6, 6.07) is 2.59. The molecule has 0 saturated carbocycles. The van der Waals surface area contributed by atoms with E-state index in [1.165, 1.54) is 14.1 Å². The summed E-state index contributed by atoms with van der Waals surface area (Å²) >= 11 is 4.89. The highest BCUT2D eigenvalue weighted by Gasteiger charge is 2.14. The molecular weight excluding hydrogens is 276 g/mol. The van der Waals surface area contributed by atoms with Crippen LogP contribution in [0.4, 0.5) is 8.78 Å². The third kappa shape index (κ3) is 2.03. The third-order valence-electron chi connectivity index (χ3n) is 2.68. The standard InChI is InChI=1S/C11H9F2N3O2S/c1-14-9(17)16(10(18)15(2)11(14)19)8-4-3-6(12)5-7(8)13/h3-5H,1-2H3. The van der Waals surface area contributed by atoms with Gasteiger partial charge in [0.25, 0.3) is 0 Å². The van der Waals surface area contributed by atoms with E-state index in [1.54, 1.807) is 0 Å². The van der Waals surface area contributed by atoms with Crippen LogP contribution in [0.15, 0.2) is 27.8 Å². The molecule has 0 atom stereocenters. The smallest absolute Gasteiger partial charge is 0.273 e. The molecule has 0 bridgehead atoms. The maximum atomic E-state index is 13.7. The van der Waals surface area contributed by atoms with E-state index < -0.39 is 23.0 Å². The molecule has 0 radical (unpaired) electrons. The van der Waals surface area contributed by atoms with Crippen molar-refractivity contribution in [2.24, 2.45) is 14.1 Å². The van der Waals surface area contributed by atoms with Crippen molar-refractivity contribution in [3.05, 3.63) is 55.6 Å². The summed E-state index contributed by atoms with van der Waals surface area (Å²) < 4.78 is 29.2. The molecule has 2 rings (SSSR count). The number of benzene rings is 1. The van der Waals surface area contributed by atoms with E-state index in [0.717, 1.165) is 21.3 Å². The number of nitrogens with zero attached hydrogens (tertiary/aromatic N) is 3. The average Bonchev–Trinajstić information content (AvgIpc) is 2.37. The van der Waals surface area contributed by atoms with E-state index in [-0.39, 0.29) is 10.5 Å². The molecule has 0 fully saturated rings. The quantitative estimate of drug-likeness (QED) is 0.731. The summed E-state index contributed by atoms with van der Waals surface area (Å²) in [5.41, 5.74) is -1.91. The monoisotopic (exact) mass is 285 g/mol. The van der Waals surface area contributed by atoms with E-state index in [9.17, 15) is 18.4 Å². The van der Waals surface area contributed by atoms with Crippen LogP contribution in [0.1, 0.15) is 0 Å². The number of rotatable bonds is 1. The second-order valence-electron chi connectivity index (χ2n) is 3.90. The Morgan fingerprint density at radius 3 is 2.05 bits per heavy atom. The van der Waals surface area contributed by atoms with Gasteiger partial charge in [-0.2, -0.15) is 0 Å². The fourth-order valence-corrected chi connectivity index (χ4v) is 1.80. The van der Waals surface area contributed by atoms with Gasteiger partial charge in [-0.15, -0.1) is 0 Å². The van der Waals surface area contributed by atoms with Gasteiger partial charge in [0, 0.05) is 20.2 Å². The molecule has 2 aromatic rings. The van der Waals surface area contributed by atoms with Gasteiger partial charge in [0.1, 0.15) is 11.6 Å². The highest BCUT2D eigenvalue weighted by atomic mass is 32.1. The van der Waals surface area contributed by atoms with Crippen LogP contribution in [0.2, 0.25) is 0 Å². The van der Waals surface area contributed by atoms with Crippen molar-refractivity contribution in [2.45, 2.75) is 0 Å². The lowest BCUT2D eigenvalue weighted by atomic mass is 10.3. The zero-order valence-corrected chi connectivity index (χ0v) is 10.9. The zero-order chi connectivity index (χ0) is 14.3. The van der Waals surface area contributed by atoms with Crippen LogP contribution in [0.3, 0.4) is 0 Å². The molecule has 5 nitrogen and oxygen atoms in total. The summed E-state index contributed by atoms with van der Waals surface area (Å²) in [7, 11) is 2.73. The molecule has 1 aromatic heterocycles. The van der Waals surface area contributed by atoms with Crippen LogP contribution in [0.5, 0.6) is 0 Å². The predicted molar refractivity (Wildman–Crippen MR) is 67.0 cm³/mol. The minimum Gasteiger partial charge on any atom is -0.273 e. The molecule has 19 heavy (non-hydrogen) atoms. The van der Waals surface area contributed by atoms with Gasteiger partial charge in [-0.25, -0.2) is 22.9 Å². The second kappa shape index (κ2) is 4.54. The van der Waals surface area contributed by atoms with Crippen molar-refractivity contribution in [3.8, 4) is 5.69 Å². The first-order valence-corrected chi connectivity index (χ1v) is 5.60. The molecule has 0 aliphatic heterocycles. The Bertz CT molecular complexity index is 795. The lowest BCUT2D eigenvalue weighted by Gasteiger charge is -2.10. The summed E-state index contributed by atoms with van der Waals surface area (Å²) in [6.45, 7) is 0. The van der Waals surface area contributed by atoms with Gasteiger partial charge in [0.15, 0.2) is 4.77 Å². The van der Waals surface area contributed by atoms with Crippen molar-refractivity contribution in [3.63, 3.8) is 0 Å². The van der Waals surface area contributed by atoms with Crippen LogP contribution in [0.25, 0.3) is 5.69 Å². The molecular formula is C11H9F2N3O2S. The fourth-order valence-electron chi connectivity index (χ4n) is 1.64. The van der Waals surface area contributed by atoms with Crippen molar-refractivity contribution in [1.82, 2.24) is 13.7 Å². The fraction of sp³-hybridized carbons (Fsp3) is 0.182. The average molecular weight is 285 g/mol. The Kier molecular flexibility index (Phi) is 3.19. The molecule has 1 aromatic carbocycles. The number of hydrogen-bond acceptors (Lipinski definition) is 3. The second-order valence-corrected chi connectivity index (χ2v) is 4.26. The van der Waals surface area contributed by atoms with Crippen LogP contribution in [-0.2, 0) is 14.1 Å². The predicted octanol–water partition coefficient (Wildman–Crippen LogP) is 0.882. The molecule has 0 amide bonds. The first kappa shape index (κ1) is 13.3. The van der Waals surface area contributed by atoms with E-state index in [2.05, 4.69) is 0 Å². The molecule has 0 aliphatic rings. The Hall–Kier alpha value is -2.09. The Morgan fingerprint density at radius 2 is 1.58 bits per heavy atom. The van der Waals surface area contributed by atoms with Gasteiger partial charge in [-0.3, -0.25) is 9.13 Å². The summed E-state index contributed by atoms with van der Waals surface area (Å²) in [6.07, 6.45) is 0. The lowest BCUT2D eigenvalue weighted by molar-refractivity contribution is 0.555. The molecule has 0 saturated heterocycles. The molecule has 8 heteroatoms. The molecule has 0 aliphatic carbocycles. The van der Waals surface area contributed by atoms with Crippen LogP contribution < -0.4 is 11.4 Å². The molecule has 0 N–H and O–H groups in total. The minimum atomic E-state index is -1.00. The van der Waals surface area contributed by atoms with Gasteiger partial charge < -0.3 is 0 Å². The van der Waals surface area contributed by atoms with Gasteiger partial charge in [-0.05, 0) is 24.4 Å². The van der Waals surface area contributed by atoms with Gasteiger partial charge >= 0.3 is 11.4 Å². The number of hydrogen-bond donors (Lipinski definition) is 0. The minimum absolute atomic E-state index is 0.00812. The maximum Gasteiger partial charge on any atom is 0.338 e. The van der Waals surface area contributed by atoms with Crippen molar-refractivity contribution in [2.75, 3.05) is 0 Å². The van der Waals surface area contributed by atoms with Crippen LogP contribution in [-0.4, -0.2) is 13.7 Å². The van der Waals surface area contributed by atoms with Gasteiger partial charge in [-0.1, -0.05) is 0 Å². The summed E-state index contributed by atoms with van der Waals surface area (Å²) in [5, 5.41) is 0. The highest BCUT2D eigenvalue weighted by Crippen LogP contribution is 2.11. The van der Waals surface area contributed by atoms with Crippen molar-refractivity contribution < 1.29 is 8.78 Å². The lowest BCUT2D eigenvalue weighted by Crippen LogP contribution is -2.43. The largest absolute Gasteiger partial charge is 0.338 e.